The average Bonchev–Trinajstić information content (AvgIpc) is 3.00. The predicted octanol–water partition coefficient (Wildman–Crippen LogP) is 2.36. The van der Waals surface area contributed by atoms with Crippen molar-refractivity contribution in [2.45, 2.75) is 39.2 Å². The molecular weight excluding hydrogens is 308 g/mol. The molecule has 0 saturated carbocycles. The van der Waals surface area contributed by atoms with Crippen LogP contribution in [0.1, 0.15) is 33.1 Å². The zero-order valence-corrected chi connectivity index (χ0v) is 14.8. The second kappa shape index (κ2) is 8.04. The number of hydrogen-bond acceptors (Lipinski definition) is 4. The number of nitrogens with one attached hydrogen (secondary N) is 1. The third-order valence-corrected chi connectivity index (χ3v) is 4.51. The summed E-state index contributed by atoms with van der Waals surface area (Å²) in [4.78, 5) is 26.4. The minimum absolute atomic E-state index is 0.0416. The second-order valence-corrected chi connectivity index (χ2v) is 5.97. The SMILES string of the molecule is CCC(CC)NC(=O)C1CC(=O)N(c2ccc(OC)c(OC)c2)C1. The highest BCUT2D eigenvalue weighted by Crippen LogP contribution is 2.34. The molecule has 1 aromatic rings. The van der Waals surface area contributed by atoms with Crippen LogP contribution in [0.25, 0.3) is 0 Å². The largest absolute Gasteiger partial charge is 0.493 e. The fourth-order valence-electron chi connectivity index (χ4n) is 2.94. The summed E-state index contributed by atoms with van der Waals surface area (Å²) in [5.41, 5.74) is 0.718. The maximum Gasteiger partial charge on any atom is 0.227 e. The van der Waals surface area contributed by atoms with E-state index in [0.717, 1.165) is 18.5 Å². The summed E-state index contributed by atoms with van der Waals surface area (Å²) in [5.74, 6) is 0.766. The zero-order chi connectivity index (χ0) is 17.7. The molecule has 0 spiro atoms. The van der Waals surface area contributed by atoms with E-state index in [4.69, 9.17) is 9.47 Å². The van der Waals surface area contributed by atoms with E-state index in [9.17, 15) is 9.59 Å². The molecule has 2 amide bonds. The Morgan fingerprint density at radius 1 is 1.25 bits per heavy atom. The standard InChI is InChI=1S/C18H26N2O4/c1-5-13(6-2)19-18(22)12-9-17(21)20(11-12)14-7-8-15(23-3)16(10-14)24-4/h7-8,10,12-13H,5-6,9,11H2,1-4H3,(H,19,22). The highest BCUT2D eigenvalue weighted by molar-refractivity contribution is 6.00. The van der Waals surface area contributed by atoms with Crippen LogP contribution < -0.4 is 19.7 Å². The maximum absolute atomic E-state index is 12.4. The van der Waals surface area contributed by atoms with Gasteiger partial charge in [0.05, 0.1) is 20.1 Å². The molecule has 1 atom stereocenters. The molecule has 0 aliphatic carbocycles. The van der Waals surface area contributed by atoms with Gasteiger partial charge in [-0.25, -0.2) is 0 Å². The molecule has 1 saturated heterocycles. The Morgan fingerprint density at radius 2 is 1.92 bits per heavy atom. The van der Waals surface area contributed by atoms with Gasteiger partial charge in [0.1, 0.15) is 0 Å². The van der Waals surface area contributed by atoms with E-state index < -0.39 is 0 Å². The maximum atomic E-state index is 12.4. The minimum atomic E-state index is -0.314. The first kappa shape index (κ1) is 18.1. The lowest BCUT2D eigenvalue weighted by atomic mass is 10.1. The van der Waals surface area contributed by atoms with Crippen LogP contribution in [0.5, 0.6) is 11.5 Å². The lowest BCUT2D eigenvalue weighted by molar-refractivity contribution is -0.127. The van der Waals surface area contributed by atoms with Gasteiger partial charge in [-0.3, -0.25) is 9.59 Å². The Balaban J connectivity index is 2.11. The molecule has 1 fully saturated rings. The fourth-order valence-corrected chi connectivity index (χ4v) is 2.94. The Kier molecular flexibility index (Phi) is 6.06. The number of carbonyl (C=O) groups excluding carboxylic acids is 2. The van der Waals surface area contributed by atoms with Crippen molar-refractivity contribution in [1.82, 2.24) is 5.32 Å². The normalized spacial score (nSPS) is 17.3. The highest BCUT2D eigenvalue weighted by atomic mass is 16.5. The number of nitrogens with zero attached hydrogens (tertiary/aromatic N) is 1. The number of amides is 2. The second-order valence-electron chi connectivity index (χ2n) is 5.97. The average molecular weight is 334 g/mol. The van der Waals surface area contributed by atoms with Crippen molar-refractivity contribution in [1.29, 1.82) is 0 Å². The van der Waals surface area contributed by atoms with Gasteiger partial charge >= 0.3 is 0 Å². The number of methoxy groups -OCH3 is 2. The summed E-state index contributed by atoms with van der Waals surface area (Å²) < 4.78 is 10.5. The summed E-state index contributed by atoms with van der Waals surface area (Å²) in [7, 11) is 3.12. The number of carbonyl (C=O) groups is 2. The van der Waals surface area contributed by atoms with E-state index in [1.165, 1.54) is 0 Å². The molecule has 132 valence electrons. The Hall–Kier alpha value is -2.24. The van der Waals surface area contributed by atoms with Crippen molar-refractivity contribution in [3.63, 3.8) is 0 Å². The lowest BCUT2D eigenvalue weighted by Gasteiger charge is -2.20. The highest BCUT2D eigenvalue weighted by Gasteiger charge is 2.35. The molecule has 6 heteroatoms. The molecule has 1 aliphatic rings. The van der Waals surface area contributed by atoms with Crippen molar-refractivity contribution in [3.05, 3.63) is 18.2 Å². The van der Waals surface area contributed by atoms with Gasteiger partial charge in [-0.1, -0.05) is 13.8 Å². The molecule has 2 rings (SSSR count). The third kappa shape index (κ3) is 3.80. The van der Waals surface area contributed by atoms with E-state index in [0.29, 0.717) is 18.0 Å². The molecule has 0 bridgehead atoms. The van der Waals surface area contributed by atoms with Crippen LogP contribution in [0.15, 0.2) is 18.2 Å². The van der Waals surface area contributed by atoms with Gasteiger partial charge in [-0.15, -0.1) is 0 Å². The van der Waals surface area contributed by atoms with Crippen molar-refractivity contribution in [2.24, 2.45) is 5.92 Å². The van der Waals surface area contributed by atoms with Gasteiger partial charge < -0.3 is 19.7 Å². The van der Waals surface area contributed by atoms with Crippen LogP contribution in [0.3, 0.4) is 0 Å². The Morgan fingerprint density at radius 3 is 2.50 bits per heavy atom. The monoisotopic (exact) mass is 334 g/mol. The van der Waals surface area contributed by atoms with Crippen LogP contribution in [0.2, 0.25) is 0 Å². The van der Waals surface area contributed by atoms with Crippen LogP contribution in [-0.2, 0) is 9.59 Å². The van der Waals surface area contributed by atoms with Gasteiger partial charge in [-0.2, -0.15) is 0 Å². The molecular formula is C18H26N2O4. The molecule has 1 aromatic carbocycles. The van der Waals surface area contributed by atoms with Gasteiger partial charge in [0.2, 0.25) is 11.8 Å². The molecule has 0 aromatic heterocycles. The minimum Gasteiger partial charge on any atom is -0.493 e. The first-order valence-electron chi connectivity index (χ1n) is 8.36. The summed E-state index contributed by atoms with van der Waals surface area (Å²) in [6.07, 6.45) is 2.02. The predicted molar refractivity (Wildman–Crippen MR) is 92.5 cm³/mol. The molecule has 1 aliphatic heterocycles. The molecule has 1 unspecified atom stereocenters. The molecule has 6 nitrogen and oxygen atoms in total. The van der Waals surface area contributed by atoms with Crippen LogP contribution >= 0.6 is 0 Å². The number of benzene rings is 1. The number of rotatable bonds is 7. The molecule has 24 heavy (non-hydrogen) atoms. The lowest BCUT2D eigenvalue weighted by Crippen LogP contribution is -2.39. The van der Waals surface area contributed by atoms with E-state index in [1.54, 1.807) is 37.3 Å². The summed E-state index contributed by atoms with van der Waals surface area (Å²) in [6.45, 7) is 4.48. The smallest absolute Gasteiger partial charge is 0.227 e. The van der Waals surface area contributed by atoms with Gasteiger partial charge in [0.15, 0.2) is 11.5 Å². The third-order valence-electron chi connectivity index (χ3n) is 4.51. The van der Waals surface area contributed by atoms with Gasteiger partial charge in [0, 0.05) is 30.8 Å². The number of ether oxygens (including phenoxy) is 2. The summed E-state index contributed by atoms with van der Waals surface area (Å²) in [6, 6.07) is 5.50. The molecule has 0 radical (unpaired) electrons. The van der Waals surface area contributed by atoms with E-state index in [2.05, 4.69) is 5.32 Å². The van der Waals surface area contributed by atoms with E-state index in [-0.39, 0.29) is 30.2 Å². The summed E-state index contributed by atoms with van der Waals surface area (Å²) >= 11 is 0. The fraction of sp³-hybridized carbons (Fsp3) is 0.556. The number of anilines is 1. The van der Waals surface area contributed by atoms with Crippen LogP contribution in [0, 0.1) is 5.92 Å². The Bertz CT molecular complexity index is 599. The van der Waals surface area contributed by atoms with Crippen molar-refractivity contribution >= 4 is 17.5 Å². The van der Waals surface area contributed by atoms with Crippen LogP contribution in [0.4, 0.5) is 5.69 Å². The van der Waals surface area contributed by atoms with Crippen molar-refractivity contribution < 1.29 is 19.1 Å². The van der Waals surface area contributed by atoms with E-state index in [1.807, 2.05) is 13.8 Å². The molecule has 1 heterocycles. The topological polar surface area (TPSA) is 67.9 Å². The van der Waals surface area contributed by atoms with Gasteiger partial charge in [0.25, 0.3) is 0 Å². The quantitative estimate of drug-likeness (QED) is 0.831. The number of hydrogen-bond donors (Lipinski definition) is 1. The van der Waals surface area contributed by atoms with Crippen LogP contribution in [-0.4, -0.2) is 38.6 Å². The zero-order valence-electron chi connectivity index (χ0n) is 14.8. The van der Waals surface area contributed by atoms with E-state index >= 15 is 0 Å². The molecule has 1 N–H and O–H groups in total. The van der Waals surface area contributed by atoms with Crippen molar-refractivity contribution in [3.8, 4) is 11.5 Å². The first-order chi connectivity index (χ1) is 11.5. The van der Waals surface area contributed by atoms with Crippen molar-refractivity contribution in [2.75, 3.05) is 25.7 Å². The van der Waals surface area contributed by atoms with Gasteiger partial charge in [-0.05, 0) is 25.0 Å². The first-order valence-corrected chi connectivity index (χ1v) is 8.36. The summed E-state index contributed by atoms with van der Waals surface area (Å²) in [5, 5.41) is 3.03. The Labute approximate surface area is 143 Å².